The summed E-state index contributed by atoms with van der Waals surface area (Å²) in [7, 11) is 0. The first kappa shape index (κ1) is 16.2. The molecular formula is C8H14Cl2N2OS. The molecule has 5 N–H and O–H groups in total. The lowest BCUT2D eigenvalue weighted by Gasteiger charge is -2.04. The Kier molecular flexibility index (Phi) is 9.29. The first-order chi connectivity index (χ1) is 5.74. The molecule has 14 heavy (non-hydrogen) atoms. The van der Waals surface area contributed by atoms with Crippen LogP contribution < -0.4 is 11.5 Å². The molecule has 0 spiro atoms. The summed E-state index contributed by atoms with van der Waals surface area (Å²) in [5.41, 5.74) is 12.5. The number of hydrogen-bond acceptors (Lipinski definition) is 4. The van der Waals surface area contributed by atoms with Crippen molar-refractivity contribution in [1.82, 2.24) is 0 Å². The molecule has 0 saturated carbocycles. The average Bonchev–Trinajstić information content (AvgIpc) is 2.03. The van der Waals surface area contributed by atoms with Crippen molar-refractivity contribution in [2.75, 3.05) is 23.8 Å². The van der Waals surface area contributed by atoms with Crippen LogP contribution in [0.2, 0.25) is 0 Å². The van der Waals surface area contributed by atoms with E-state index in [0.717, 1.165) is 4.90 Å². The van der Waals surface area contributed by atoms with Crippen LogP contribution in [0, 0.1) is 0 Å². The highest BCUT2D eigenvalue weighted by atomic mass is 35.5. The molecule has 0 atom stereocenters. The number of benzene rings is 1. The molecule has 0 bridgehead atoms. The molecular weight excluding hydrogens is 243 g/mol. The maximum atomic E-state index is 8.59. The summed E-state index contributed by atoms with van der Waals surface area (Å²) in [6, 6.07) is 5.39. The second-order valence-electron chi connectivity index (χ2n) is 2.37. The third-order valence-electron chi connectivity index (χ3n) is 1.38. The normalized spacial score (nSPS) is 8.64. The summed E-state index contributed by atoms with van der Waals surface area (Å²) in [5, 5.41) is 8.59. The van der Waals surface area contributed by atoms with Gasteiger partial charge in [-0.3, -0.25) is 0 Å². The average molecular weight is 257 g/mol. The molecule has 0 fully saturated rings. The molecule has 0 aliphatic heterocycles. The van der Waals surface area contributed by atoms with Gasteiger partial charge < -0.3 is 16.6 Å². The fourth-order valence-corrected chi connectivity index (χ4v) is 1.56. The van der Waals surface area contributed by atoms with Gasteiger partial charge in [-0.05, 0) is 18.2 Å². The van der Waals surface area contributed by atoms with Gasteiger partial charge in [0.1, 0.15) is 0 Å². The van der Waals surface area contributed by atoms with Crippen molar-refractivity contribution in [1.29, 1.82) is 0 Å². The number of rotatable bonds is 3. The fourth-order valence-electron chi connectivity index (χ4n) is 0.854. The molecule has 1 rings (SSSR count). The summed E-state index contributed by atoms with van der Waals surface area (Å²) in [4.78, 5) is 0.971. The fraction of sp³-hybridized carbons (Fsp3) is 0.250. The number of anilines is 2. The molecule has 0 aliphatic rings. The van der Waals surface area contributed by atoms with Crippen LogP contribution in [0.5, 0.6) is 0 Å². The molecule has 0 aromatic heterocycles. The Morgan fingerprint density at radius 3 is 2.36 bits per heavy atom. The lowest BCUT2D eigenvalue weighted by atomic mass is 10.3. The Balaban J connectivity index is 0. The van der Waals surface area contributed by atoms with E-state index >= 15 is 0 Å². The maximum Gasteiger partial charge on any atom is 0.0525 e. The number of nitrogens with two attached hydrogens (primary N) is 2. The predicted molar refractivity (Wildman–Crippen MR) is 67.6 cm³/mol. The molecule has 3 nitrogen and oxygen atoms in total. The van der Waals surface area contributed by atoms with Crippen LogP contribution in [-0.4, -0.2) is 17.5 Å². The van der Waals surface area contributed by atoms with Crippen molar-refractivity contribution < 1.29 is 5.11 Å². The number of hydrogen-bond donors (Lipinski definition) is 3. The van der Waals surface area contributed by atoms with Gasteiger partial charge in [0, 0.05) is 22.0 Å². The molecule has 6 heteroatoms. The van der Waals surface area contributed by atoms with E-state index in [1.165, 1.54) is 11.8 Å². The smallest absolute Gasteiger partial charge is 0.0525 e. The molecule has 0 unspecified atom stereocenters. The van der Waals surface area contributed by atoms with Gasteiger partial charge in [0.2, 0.25) is 0 Å². The maximum absolute atomic E-state index is 8.59. The number of aliphatic hydroxyl groups excluding tert-OH is 1. The van der Waals surface area contributed by atoms with E-state index in [4.69, 9.17) is 16.6 Å². The van der Waals surface area contributed by atoms with Crippen molar-refractivity contribution in [3.63, 3.8) is 0 Å². The Bertz CT molecular complexity index is 274. The molecule has 1 aromatic rings. The second kappa shape index (κ2) is 8.05. The van der Waals surface area contributed by atoms with Gasteiger partial charge in [-0.25, -0.2) is 0 Å². The van der Waals surface area contributed by atoms with Crippen LogP contribution in [0.4, 0.5) is 11.4 Å². The molecule has 1 aromatic carbocycles. The summed E-state index contributed by atoms with van der Waals surface area (Å²) >= 11 is 1.53. The first-order valence-electron chi connectivity index (χ1n) is 3.62. The van der Waals surface area contributed by atoms with E-state index < -0.39 is 0 Å². The van der Waals surface area contributed by atoms with E-state index in [1.807, 2.05) is 6.07 Å². The number of halogens is 2. The topological polar surface area (TPSA) is 72.3 Å². The zero-order valence-electron chi connectivity index (χ0n) is 7.47. The van der Waals surface area contributed by atoms with Gasteiger partial charge in [0.15, 0.2) is 0 Å². The van der Waals surface area contributed by atoms with Gasteiger partial charge in [-0.15, -0.1) is 36.6 Å². The highest BCUT2D eigenvalue weighted by molar-refractivity contribution is 7.99. The molecule has 0 saturated heterocycles. The largest absolute Gasteiger partial charge is 0.399 e. The number of nitrogen functional groups attached to an aromatic ring is 2. The Morgan fingerprint density at radius 1 is 1.21 bits per heavy atom. The second-order valence-corrected chi connectivity index (χ2v) is 3.51. The van der Waals surface area contributed by atoms with Gasteiger partial charge in [-0.2, -0.15) is 0 Å². The number of aliphatic hydroxyl groups is 1. The van der Waals surface area contributed by atoms with Gasteiger partial charge in [0.05, 0.1) is 6.61 Å². The van der Waals surface area contributed by atoms with E-state index in [0.29, 0.717) is 17.1 Å². The molecule has 0 radical (unpaired) electrons. The van der Waals surface area contributed by atoms with Gasteiger partial charge in [0.25, 0.3) is 0 Å². The minimum absolute atomic E-state index is 0. The van der Waals surface area contributed by atoms with Crippen LogP contribution in [0.3, 0.4) is 0 Å². The van der Waals surface area contributed by atoms with E-state index in [9.17, 15) is 0 Å². The third-order valence-corrected chi connectivity index (χ3v) is 2.45. The van der Waals surface area contributed by atoms with Crippen molar-refractivity contribution >= 4 is 48.0 Å². The van der Waals surface area contributed by atoms with Crippen LogP contribution >= 0.6 is 36.6 Å². The van der Waals surface area contributed by atoms with Crippen molar-refractivity contribution in [2.45, 2.75) is 4.90 Å². The first-order valence-corrected chi connectivity index (χ1v) is 4.61. The summed E-state index contributed by atoms with van der Waals surface area (Å²) < 4.78 is 0. The van der Waals surface area contributed by atoms with E-state index in [1.54, 1.807) is 12.1 Å². The van der Waals surface area contributed by atoms with E-state index in [-0.39, 0.29) is 31.4 Å². The van der Waals surface area contributed by atoms with Gasteiger partial charge in [-0.1, -0.05) is 0 Å². The Hall–Kier alpha value is -0.290. The Morgan fingerprint density at radius 2 is 1.86 bits per heavy atom. The van der Waals surface area contributed by atoms with Crippen LogP contribution in [0.25, 0.3) is 0 Å². The minimum Gasteiger partial charge on any atom is -0.399 e. The summed E-state index contributed by atoms with van der Waals surface area (Å²) in [5.74, 6) is 0.661. The van der Waals surface area contributed by atoms with E-state index in [2.05, 4.69) is 0 Å². The Labute approximate surface area is 100 Å². The third kappa shape index (κ3) is 4.81. The van der Waals surface area contributed by atoms with Crippen molar-refractivity contribution in [2.24, 2.45) is 0 Å². The summed E-state index contributed by atoms with van der Waals surface area (Å²) in [6.45, 7) is 0.161. The number of thioether (sulfide) groups is 1. The lowest BCUT2D eigenvalue weighted by Crippen LogP contribution is -1.93. The zero-order chi connectivity index (χ0) is 8.97. The predicted octanol–water partition coefficient (Wildman–Crippen LogP) is 1.78. The molecule has 82 valence electrons. The standard InChI is InChI=1S/C8H12N2OS.2ClH/c9-6-1-2-8(7(10)5-6)12-4-3-11;;/h1-2,5,11H,3-4,9-10H2;2*1H. The van der Waals surface area contributed by atoms with Crippen molar-refractivity contribution in [3.8, 4) is 0 Å². The van der Waals surface area contributed by atoms with Crippen LogP contribution in [0.1, 0.15) is 0 Å². The monoisotopic (exact) mass is 256 g/mol. The quantitative estimate of drug-likeness (QED) is 0.570. The SMILES string of the molecule is Cl.Cl.Nc1ccc(SCCO)c(N)c1. The molecule has 0 amide bonds. The summed E-state index contributed by atoms with van der Waals surface area (Å²) in [6.07, 6.45) is 0. The molecule has 0 aliphatic carbocycles. The zero-order valence-corrected chi connectivity index (χ0v) is 9.92. The lowest BCUT2D eigenvalue weighted by molar-refractivity contribution is 0.322. The van der Waals surface area contributed by atoms with Gasteiger partial charge >= 0.3 is 0 Å². The van der Waals surface area contributed by atoms with Crippen LogP contribution in [-0.2, 0) is 0 Å². The highest BCUT2D eigenvalue weighted by Crippen LogP contribution is 2.26. The minimum atomic E-state index is 0. The van der Waals surface area contributed by atoms with Crippen LogP contribution in [0.15, 0.2) is 23.1 Å². The molecule has 0 heterocycles. The highest BCUT2D eigenvalue weighted by Gasteiger charge is 1.98. The van der Waals surface area contributed by atoms with Crippen molar-refractivity contribution in [3.05, 3.63) is 18.2 Å².